The average molecular weight is 314 g/mol. The number of benzene rings is 1. The minimum atomic E-state index is 0.835. The molecule has 0 amide bonds. The zero-order chi connectivity index (χ0) is 12.3. The smallest absolute Gasteiger partial charge is 0.0366 e. The number of hydrogen-bond acceptors (Lipinski definition) is 2. The molecular weight excluding hydrogens is 294 g/mol. The number of halogens is 1. The van der Waals surface area contributed by atoms with Crippen LogP contribution >= 0.6 is 27.7 Å². The molecule has 17 heavy (non-hydrogen) atoms. The van der Waals surface area contributed by atoms with E-state index in [-0.39, 0.29) is 0 Å². The maximum atomic E-state index is 6.02. The third-order valence-corrected chi connectivity index (χ3v) is 5.34. The van der Waals surface area contributed by atoms with E-state index >= 15 is 0 Å². The van der Waals surface area contributed by atoms with Gasteiger partial charge in [-0.2, -0.15) is 11.8 Å². The molecule has 0 aliphatic heterocycles. The van der Waals surface area contributed by atoms with Crippen molar-refractivity contribution in [2.45, 2.75) is 43.6 Å². The predicted octanol–water partition coefficient (Wildman–Crippen LogP) is 4.84. The molecule has 94 valence electrons. The number of nitrogens with two attached hydrogens (primary N) is 1. The maximum absolute atomic E-state index is 6.02. The minimum Gasteiger partial charge on any atom is -0.398 e. The minimum absolute atomic E-state index is 0.835. The second-order valence-electron chi connectivity index (χ2n) is 5.05. The standard InChI is InChI=1S/C14H20BrNS/c1-10-3-2-4-13(7-10)17-9-11-5-6-12(15)8-14(11)16/h5-6,8,10,13H,2-4,7,9,16H2,1H3. The van der Waals surface area contributed by atoms with Crippen LogP contribution in [0.25, 0.3) is 0 Å². The van der Waals surface area contributed by atoms with Crippen LogP contribution in [-0.4, -0.2) is 5.25 Å². The van der Waals surface area contributed by atoms with E-state index in [0.29, 0.717) is 0 Å². The van der Waals surface area contributed by atoms with E-state index in [9.17, 15) is 0 Å². The van der Waals surface area contributed by atoms with Crippen molar-refractivity contribution < 1.29 is 0 Å². The first-order valence-electron chi connectivity index (χ1n) is 6.30. The van der Waals surface area contributed by atoms with Crippen LogP contribution in [0.1, 0.15) is 38.2 Å². The molecule has 2 atom stereocenters. The summed E-state index contributed by atoms with van der Waals surface area (Å²) in [5, 5.41) is 0.835. The fourth-order valence-electron chi connectivity index (χ4n) is 2.43. The number of nitrogen functional groups attached to an aromatic ring is 1. The van der Waals surface area contributed by atoms with Gasteiger partial charge in [-0.05, 0) is 36.5 Å². The monoisotopic (exact) mass is 313 g/mol. The van der Waals surface area contributed by atoms with Gasteiger partial charge in [0.05, 0.1) is 0 Å². The number of thioether (sulfide) groups is 1. The Morgan fingerprint density at radius 1 is 1.41 bits per heavy atom. The van der Waals surface area contributed by atoms with Crippen molar-refractivity contribution in [1.29, 1.82) is 0 Å². The Kier molecular flexibility index (Phi) is 4.80. The van der Waals surface area contributed by atoms with Crippen molar-refractivity contribution >= 4 is 33.4 Å². The molecule has 0 aromatic heterocycles. The largest absolute Gasteiger partial charge is 0.398 e. The molecule has 0 saturated heterocycles. The lowest BCUT2D eigenvalue weighted by atomic mass is 9.91. The summed E-state index contributed by atoms with van der Waals surface area (Å²) in [5.74, 6) is 1.96. The number of rotatable bonds is 3. The second kappa shape index (κ2) is 6.14. The van der Waals surface area contributed by atoms with Gasteiger partial charge in [0.2, 0.25) is 0 Å². The maximum Gasteiger partial charge on any atom is 0.0366 e. The lowest BCUT2D eigenvalue weighted by Crippen LogP contribution is -2.15. The van der Waals surface area contributed by atoms with Crippen molar-refractivity contribution in [1.82, 2.24) is 0 Å². The highest BCUT2D eigenvalue weighted by Gasteiger charge is 2.19. The Morgan fingerprint density at radius 3 is 2.94 bits per heavy atom. The SMILES string of the molecule is CC1CCCC(SCc2ccc(Br)cc2N)C1. The summed E-state index contributed by atoms with van der Waals surface area (Å²) in [6, 6.07) is 6.22. The van der Waals surface area contributed by atoms with E-state index < -0.39 is 0 Å². The van der Waals surface area contributed by atoms with E-state index in [1.807, 2.05) is 6.07 Å². The summed E-state index contributed by atoms with van der Waals surface area (Å²) in [4.78, 5) is 0. The average Bonchev–Trinajstić information content (AvgIpc) is 2.28. The van der Waals surface area contributed by atoms with Gasteiger partial charge in [0, 0.05) is 21.2 Å². The quantitative estimate of drug-likeness (QED) is 0.808. The van der Waals surface area contributed by atoms with Crippen molar-refractivity contribution in [2.75, 3.05) is 5.73 Å². The highest BCUT2D eigenvalue weighted by Crippen LogP contribution is 2.34. The van der Waals surface area contributed by atoms with Crippen molar-refractivity contribution in [3.8, 4) is 0 Å². The van der Waals surface area contributed by atoms with Crippen LogP contribution < -0.4 is 5.73 Å². The molecule has 3 heteroatoms. The summed E-state index contributed by atoms with van der Waals surface area (Å²) in [7, 11) is 0. The molecule has 1 saturated carbocycles. The molecule has 2 N–H and O–H groups in total. The normalized spacial score (nSPS) is 24.8. The molecule has 1 aliphatic rings. The van der Waals surface area contributed by atoms with Crippen LogP contribution in [-0.2, 0) is 5.75 Å². The van der Waals surface area contributed by atoms with Gasteiger partial charge in [0.25, 0.3) is 0 Å². The van der Waals surface area contributed by atoms with Gasteiger partial charge in [0.15, 0.2) is 0 Å². The summed E-state index contributed by atoms with van der Waals surface area (Å²) in [6.07, 6.45) is 5.57. The molecule has 0 heterocycles. The molecule has 1 aliphatic carbocycles. The molecule has 1 nitrogen and oxygen atoms in total. The molecule has 2 unspecified atom stereocenters. The zero-order valence-corrected chi connectivity index (χ0v) is 12.7. The topological polar surface area (TPSA) is 26.0 Å². The van der Waals surface area contributed by atoms with Crippen LogP contribution in [0.4, 0.5) is 5.69 Å². The Balaban J connectivity index is 1.88. The Hall–Kier alpha value is -0.150. The number of anilines is 1. The first-order chi connectivity index (χ1) is 8.15. The van der Waals surface area contributed by atoms with Crippen LogP contribution in [0.15, 0.2) is 22.7 Å². The molecule has 2 rings (SSSR count). The van der Waals surface area contributed by atoms with Gasteiger partial charge >= 0.3 is 0 Å². The van der Waals surface area contributed by atoms with E-state index in [2.05, 4.69) is 46.7 Å². The summed E-state index contributed by atoms with van der Waals surface area (Å²) in [5.41, 5.74) is 8.21. The highest BCUT2D eigenvalue weighted by atomic mass is 79.9. The molecule has 1 aromatic carbocycles. The molecule has 1 aromatic rings. The van der Waals surface area contributed by atoms with Gasteiger partial charge < -0.3 is 5.73 Å². The summed E-state index contributed by atoms with van der Waals surface area (Å²) in [6.45, 7) is 2.38. The number of hydrogen-bond donors (Lipinski definition) is 1. The fraction of sp³-hybridized carbons (Fsp3) is 0.571. The predicted molar refractivity (Wildman–Crippen MR) is 81.3 cm³/mol. The summed E-state index contributed by atoms with van der Waals surface area (Å²) >= 11 is 5.52. The Labute approximate surface area is 117 Å². The Morgan fingerprint density at radius 2 is 2.24 bits per heavy atom. The van der Waals surface area contributed by atoms with Crippen molar-refractivity contribution in [3.63, 3.8) is 0 Å². The fourth-order valence-corrected chi connectivity index (χ4v) is 4.29. The Bertz CT molecular complexity index is 380. The van der Waals surface area contributed by atoms with Crippen LogP contribution in [0.3, 0.4) is 0 Å². The van der Waals surface area contributed by atoms with Crippen LogP contribution in [0, 0.1) is 5.92 Å². The van der Waals surface area contributed by atoms with Crippen molar-refractivity contribution in [2.24, 2.45) is 5.92 Å². The first-order valence-corrected chi connectivity index (χ1v) is 8.15. The third-order valence-electron chi connectivity index (χ3n) is 3.47. The molecular formula is C14H20BrNS. The van der Waals surface area contributed by atoms with Crippen molar-refractivity contribution in [3.05, 3.63) is 28.2 Å². The lowest BCUT2D eigenvalue weighted by molar-refractivity contribution is 0.394. The third kappa shape index (κ3) is 3.92. The van der Waals surface area contributed by atoms with E-state index in [4.69, 9.17) is 5.73 Å². The van der Waals surface area contributed by atoms with Gasteiger partial charge in [-0.25, -0.2) is 0 Å². The van der Waals surface area contributed by atoms with Gasteiger partial charge in [-0.3, -0.25) is 0 Å². The summed E-state index contributed by atoms with van der Waals surface area (Å²) < 4.78 is 1.06. The van der Waals surface area contributed by atoms with Gasteiger partial charge in [0.1, 0.15) is 0 Å². The molecule has 1 fully saturated rings. The zero-order valence-electron chi connectivity index (χ0n) is 10.3. The highest BCUT2D eigenvalue weighted by molar-refractivity contribution is 9.10. The van der Waals surface area contributed by atoms with Crippen LogP contribution in [0.2, 0.25) is 0 Å². The van der Waals surface area contributed by atoms with E-state index in [1.165, 1.54) is 31.2 Å². The first kappa shape index (κ1) is 13.3. The van der Waals surface area contributed by atoms with Gasteiger partial charge in [-0.15, -0.1) is 0 Å². The second-order valence-corrected chi connectivity index (χ2v) is 7.25. The molecule has 0 radical (unpaired) electrons. The molecule has 0 spiro atoms. The van der Waals surface area contributed by atoms with E-state index in [0.717, 1.165) is 27.1 Å². The van der Waals surface area contributed by atoms with Crippen LogP contribution in [0.5, 0.6) is 0 Å². The molecule has 0 bridgehead atoms. The van der Waals surface area contributed by atoms with Gasteiger partial charge in [-0.1, -0.05) is 41.8 Å². The lowest BCUT2D eigenvalue weighted by Gasteiger charge is -2.26. The van der Waals surface area contributed by atoms with E-state index in [1.54, 1.807) is 0 Å².